The number of hydrogen-bond acceptors (Lipinski definition) is 3. The van der Waals surface area contributed by atoms with Crippen molar-refractivity contribution in [2.45, 2.75) is 78.4 Å². The summed E-state index contributed by atoms with van der Waals surface area (Å²) in [5.74, 6) is 0.594. The van der Waals surface area contributed by atoms with E-state index in [-0.39, 0.29) is 11.6 Å². The molecule has 1 amide bonds. The zero-order chi connectivity index (χ0) is 18.4. The number of carbonyl (C=O) groups is 1. The van der Waals surface area contributed by atoms with Gasteiger partial charge in [-0.15, -0.1) is 0 Å². The van der Waals surface area contributed by atoms with Crippen LogP contribution in [-0.2, 0) is 4.74 Å². The fraction of sp³-hybridized carbons (Fsp3) is 0.650. The zero-order valence-electron chi connectivity index (χ0n) is 16.3. The Morgan fingerprint density at radius 2 is 1.71 bits per heavy atom. The van der Waals surface area contributed by atoms with Gasteiger partial charge in [0, 0.05) is 17.8 Å². The molecule has 136 valence electrons. The van der Waals surface area contributed by atoms with Crippen molar-refractivity contribution >= 4 is 11.8 Å². The Kier molecular flexibility index (Phi) is 7.12. The minimum atomic E-state index is -0.476. The highest BCUT2D eigenvalue weighted by atomic mass is 16.6. The second-order valence-corrected chi connectivity index (χ2v) is 8.12. The molecule has 0 aliphatic heterocycles. The van der Waals surface area contributed by atoms with Gasteiger partial charge in [0.25, 0.3) is 0 Å². The standard InChI is InChI=1S/C20H34N2O2/c1-8-15(2)16-9-11-17(12-10-16)21-14-13-20(6,7)22-18(23)24-19(3,4)5/h9-12,15,21H,8,13-14H2,1-7H3,(H,22,23). The summed E-state index contributed by atoms with van der Waals surface area (Å²) in [6, 6.07) is 8.60. The van der Waals surface area contributed by atoms with Crippen LogP contribution in [0.1, 0.15) is 72.8 Å². The van der Waals surface area contributed by atoms with Gasteiger partial charge in [0.1, 0.15) is 5.60 Å². The van der Waals surface area contributed by atoms with Crippen LogP contribution in [0.25, 0.3) is 0 Å². The molecule has 0 saturated carbocycles. The Bertz CT molecular complexity index is 515. The molecule has 0 bridgehead atoms. The minimum absolute atomic E-state index is 0.327. The fourth-order valence-corrected chi connectivity index (χ4v) is 2.33. The Morgan fingerprint density at radius 1 is 1.12 bits per heavy atom. The van der Waals surface area contributed by atoms with Crippen molar-refractivity contribution in [3.05, 3.63) is 29.8 Å². The van der Waals surface area contributed by atoms with Crippen LogP contribution in [0.15, 0.2) is 24.3 Å². The van der Waals surface area contributed by atoms with Gasteiger partial charge in [0.15, 0.2) is 0 Å². The number of nitrogens with one attached hydrogen (secondary N) is 2. The van der Waals surface area contributed by atoms with Crippen LogP contribution < -0.4 is 10.6 Å². The van der Waals surface area contributed by atoms with E-state index >= 15 is 0 Å². The summed E-state index contributed by atoms with van der Waals surface area (Å²) in [7, 11) is 0. The topological polar surface area (TPSA) is 50.4 Å². The third-order valence-electron chi connectivity index (χ3n) is 4.01. The summed E-state index contributed by atoms with van der Waals surface area (Å²) < 4.78 is 5.31. The molecule has 0 aromatic heterocycles. The van der Waals surface area contributed by atoms with Gasteiger partial charge in [-0.1, -0.05) is 26.0 Å². The number of alkyl carbamates (subject to hydrolysis) is 1. The lowest BCUT2D eigenvalue weighted by Crippen LogP contribution is -2.46. The first-order valence-corrected chi connectivity index (χ1v) is 8.87. The highest BCUT2D eigenvalue weighted by molar-refractivity contribution is 5.68. The van der Waals surface area contributed by atoms with Gasteiger partial charge >= 0.3 is 6.09 Å². The van der Waals surface area contributed by atoms with Crippen molar-refractivity contribution in [3.8, 4) is 0 Å². The van der Waals surface area contributed by atoms with Gasteiger partial charge in [-0.05, 0) is 71.1 Å². The van der Waals surface area contributed by atoms with Crippen LogP contribution in [0, 0.1) is 0 Å². The SMILES string of the molecule is CCC(C)c1ccc(NCCC(C)(C)NC(=O)OC(C)(C)C)cc1. The molecule has 4 heteroatoms. The van der Waals surface area contributed by atoms with Crippen LogP contribution in [0.2, 0.25) is 0 Å². The maximum atomic E-state index is 11.9. The number of benzene rings is 1. The van der Waals surface area contributed by atoms with Crippen molar-refractivity contribution in [1.29, 1.82) is 0 Å². The lowest BCUT2D eigenvalue weighted by atomic mass is 9.98. The molecule has 0 aliphatic carbocycles. The van der Waals surface area contributed by atoms with E-state index in [1.54, 1.807) is 0 Å². The summed E-state index contributed by atoms with van der Waals surface area (Å²) in [4.78, 5) is 11.9. The molecule has 4 nitrogen and oxygen atoms in total. The van der Waals surface area contributed by atoms with E-state index in [2.05, 4.69) is 48.7 Å². The molecule has 0 fully saturated rings. The predicted octanol–water partition coefficient (Wildman–Crippen LogP) is 5.31. The van der Waals surface area contributed by atoms with Crippen molar-refractivity contribution in [1.82, 2.24) is 5.32 Å². The second-order valence-electron chi connectivity index (χ2n) is 8.12. The van der Waals surface area contributed by atoms with E-state index in [1.807, 2.05) is 34.6 Å². The number of rotatable bonds is 7. The first-order valence-electron chi connectivity index (χ1n) is 8.87. The first kappa shape index (κ1) is 20.3. The molecule has 0 aliphatic rings. The molecule has 1 rings (SSSR count). The quantitative estimate of drug-likeness (QED) is 0.711. The average Bonchev–Trinajstić information content (AvgIpc) is 2.44. The van der Waals surface area contributed by atoms with Gasteiger partial charge in [0.2, 0.25) is 0 Å². The van der Waals surface area contributed by atoms with Gasteiger partial charge in [-0.2, -0.15) is 0 Å². The summed E-state index contributed by atoms with van der Waals surface area (Å²) in [5, 5.41) is 6.34. The number of hydrogen-bond donors (Lipinski definition) is 2. The first-order chi connectivity index (χ1) is 11.0. The van der Waals surface area contributed by atoms with E-state index in [4.69, 9.17) is 4.74 Å². The molecule has 0 spiro atoms. The second kappa shape index (κ2) is 8.41. The van der Waals surface area contributed by atoms with Crippen molar-refractivity contribution in [2.75, 3.05) is 11.9 Å². The van der Waals surface area contributed by atoms with Crippen LogP contribution in [0.4, 0.5) is 10.5 Å². The Hall–Kier alpha value is -1.71. The van der Waals surface area contributed by atoms with Gasteiger partial charge in [0.05, 0.1) is 0 Å². The van der Waals surface area contributed by atoms with Crippen molar-refractivity contribution < 1.29 is 9.53 Å². The highest BCUT2D eigenvalue weighted by Gasteiger charge is 2.24. The van der Waals surface area contributed by atoms with Crippen molar-refractivity contribution in [2.24, 2.45) is 0 Å². The van der Waals surface area contributed by atoms with E-state index in [9.17, 15) is 4.79 Å². The van der Waals surface area contributed by atoms with Crippen LogP contribution in [-0.4, -0.2) is 23.8 Å². The Labute approximate surface area is 147 Å². The maximum absolute atomic E-state index is 11.9. The molecule has 1 aromatic carbocycles. The molecule has 1 atom stereocenters. The van der Waals surface area contributed by atoms with Gasteiger partial charge in [-0.25, -0.2) is 4.79 Å². The molecule has 24 heavy (non-hydrogen) atoms. The maximum Gasteiger partial charge on any atom is 0.408 e. The van der Waals surface area contributed by atoms with E-state index in [0.717, 1.165) is 25.1 Å². The highest BCUT2D eigenvalue weighted by Crippen LogP contribution is 2.20. The largest absolute Gasteiger partial charge is 0.444 e. The van der Waals surface area contributed by atoms with E-state index < -0.39 is 5.60 Å². The van der Waals surface area contributed by atoms with Crippen molar-refractivity contribution in [3.63, 3.8) is 0 Å². The average molecular weight is 335 g/mol. The molecular weight excluding hydrogens is 300 g/mol. The summed E-state index contributed by atoms with van der Waals surface area (Å²) in [6.07, 6.45) is 1.59. The lowest BCUT2D eigenvalue weighted by molar-refractivity contribution is 0.0470. The van der Waals surface area contributed by atoms with Gasteiger partial charge < -0.3 is 15.4 Å². The molecule has 0 heterocycles. The predicted molar refractivity (Wildman–Crippen MR) is 102 cm³/mol. The normalized spacial score (nSPS) is 13.3. The monoisotopic (exact) mass is 334 g/mol. The molecule has 0 radical (unpaired) electrons. The number of ether oxygens (including phenoxy) is 1. The third kappa shape index (κ3) is 7.71. The Balaban J connectivity index is 2.43. The smallest absolute Gasteiger partial charge is 0.408 e. The van der Waals surface area contributed by atoms with E-state index in [0.29, 0.717) is 5.92 Å². The fourth-order valence-electron chi connectivity index (χ4n) is 2.33. The van der Waals surface area contributed by atoms with Crippen LogP contribution >= 0.6 is 0 Å². The number of carbonyl (C=O) groups excluding carboxylic acids is 1. The van der Waals surface area contributed by atoms with Crippen LogP contribution in [0.3, 0.4) is 0 Å². The summed E-state index contributed by atoms with van der Waals surface area (Å²) >= 11 is 0. The van der Waals surface area contributed by atoms with Crippen LogP contribution in [0.5, 0.6) is 0 Å². The summed E-state index contributed by atoms with van der Waals surface area (Å²) in [5.41, 5.74) is 1.67. The third-order valence-corrected chi connectivity index (χ3v) is 4.01. The zero-order valence-corrected chi connectivity index (χ0v) is 16.3. The molecule has 1 unspecified atom stereocenters. The lowest BCUT2D eigenvalue weighted by Gasteiger charge is -2.28. The Morgan fingerprint density at radius 3 is 2.21 bits per heavy atom. The van der Waals surface area contributed by atoms with E-state index in [1.165, 1.54) is 5.56 Å². The number of anilines is 1. The molecular formula is C20H34N2O2. The molecule has 1 aromatic rings. The number of amides is 1. The molecule has 0 saturated heterocycles. The van der Waals surface area contributed by atoms with Gasteiger partial charge in [-0.3, -0.25) is 0 Å². The molecule has 2 N–H and O–H groups in total. The summed E-state index contributed by atoms with van der Waals surface area (Å²) in [6.45, 7) is 14.8. The minimum Gasteiger partial charge on any atom is -0.444 e.